The number of fused-ring (bicyclic) bond motifs is 1. The molecule has 50 heavy (non-hydrogen) atoms. The van der Waals surface area contributed by atoms with Gasteiger partial charge >= 0.3 is 18.4 Å². The van der Waals surface area contributed by atoms with Crippen molar-refractivity contribution in [3.8, 4) is 0 Å². The maximum Gasteiger partial charge on any atom is 0.416 e. The van der Waals surface area contributed by atoms with Gasteiger partial charge in [0.25, 0.3) is 11.1 Å². The molecule has 13 nitrogen and oxygen atoms in total. The number of halogens is 4. The number of carbonyl (C=O) groups is 4. The number of thioether (sulfide) groups is 1. The first kappa shape index (κ1) is 38.5. The molecule has 2 heterocycles. The lowest BCUT2D eigenvalue weighted by atomic mass is 10.1. The molecule has 0 unspecified atom stereocenters. The van der Waals surface area contributed by atoms with E-state index in [4.69, 9.17) is 25.9 Å². The van der Waals surface area contributed by atoms with Gasteiger partial charge in [0.1, 0.15) is 11.2 Å². The number of amides is 4. The Morgan fingerprint density at radius 1 is 0.980 bits per heavy atom. The fourth-order valence-corrected chi connectivity index (χ4v) is 5.54. The van der Waals surface area contributed by atoms with Crippen molar-refractivity contribution in [1.82, 2.24) is 30.8 Å². The number of benzene rings is 2. The molecule has 1 saturated heterocycles. The number of alkyl halides is 3. The van der Waals surface area contributed by atoms with E-state index < -0.39 is 52.6 Å². The van der Waals surface area contributed by atoms with Gasteiger partial charge in [0, 0.05) is 10.4 Å². The molecule has 1 fully saturated rings. The van der Waals surface area contributed by atoms with Crippen LogP contribution in [0.4, 0.5) is 27.6 Å². The first-order valence-electron chi connectivity index (χ1n) is 15.1. The second-order valence-corrected chi connectivity index (χ2v) is 14.4. The van der Waals surface area contributed by atoms with Crippen molar-refractivity contribution >= 4 is 63.7 Å². The third-order valence-electron chi connectivity index (χ3n) is 6.47. The molecule has 270 valence electrons. The molecule has 0 saturated carbocycles. The highest BCUT2D eigenvalue weighted by molar-refractivity contribution is 8.18. The number of hydrogen-bond acceptors (Lipinski definition) is 10. The largest absolute Gasteiger partial charge is 0.444 e. The molecule has 0 spiro atoms. The number of hydrogen-bond donors (Lipinski definition) is 3. The number of rotatable bonds is 10. The topological polar surface area (TPSA) is 153 Å². The number of ether oxygens (including phenoxy) is 2. The summed E-state index contributed by atoms with van der Waals surface area (Å²) in [6, 6.07) is 8.58. The van der Waals surface area contributed by atoms with Crippen LogP contribution in [0.5, 0.6) is 0 Å². The van der Waals surface area contributed by atoms with Crippen molar-refractivity contribution in [2.24, 2.45) is 0 Å². The molecule has 3 aromatic rings. The molecule has 4 rings (SSSR count). The zero-order valence-electron chi connectivity index (χ0n) is 27.9. The molecule has 0 bridgehead atoms. The highest BCUT2D eigenvalue weighted by Gasteiger charge is 2.35. The van der Waals surface area contributed by atoms with Gasteiger partial charge in [-0.3, -0.25) is 34.6 Å². The molecule has 0 aliphatic carbocycles. The van der Waals surface area contributed by atoms with Gasteiger partial charge in [-0.25, -0.2) is 9.59 Å². The normalized spacial score (nSPS) is 14.9. The van der Waals surface area contributed by atoms with E-state index in [2.05, 4.69) is 21.2 Å². The average Bonchev–Trinajstić information content (AvgIpc) is 3.48. The third kappa shape index (κ3) is 10.8. The Labute approximate surface area is 294 Å². The van der Waals surface area contributed by atoms with E-state index >= 15 is 0 Å². The summed E-state index contributed by atoms with van der Waals surface area (Å²) in [6.07, 6.45) is -4.61. The number of aromatic nitrogens is 2. The molecule has 1 aliphatic rings. The average molecular weight is 741 g/mol. The van der Waals surface area contributed by atoms with Crippen LogP contribution in [-0.4, -0.2) is 68.7 Å². The molecular formula is C32H36ClF3N6O7S. The Morgan fingerprint density at radius 3 is 2.22 bits per heavy atom. The summed E-state index contributed by atoms with van der Waals surface area (Å²) in [4.78, 5) is 56.8. The van der Waals surface area contributed by atoms with Crippen LogP contribution in [0.1, 0.15) is 58.2 Å². The van der Waals surface area contributed by atoms with E-state index in [1.54, 1.807) is 59.7 Å². The quantitative estimate of drug-likeness (QED) is 0.0892. The van der Waals surface area contributed by atoms with E-state index in [9.17, 15) is 32.3 Å². The summed E-state index contributed by atoms with van der Waals surface area (Å²) in [5, 5.41) is 9.04. The maximum atomic E-state index is 13.6. The van der Waals surface area contributed by atoms with Crippen LogP contribution in [0.15, 0.2) is 47.5 Å². The van der Waals surface area contributed by atoms with Crippen molar-refractivity contribution in [2.75, 3.05) is 13.2 Å². The van der Waals surface area contributed by atoms with Gasteiger partial charge in [0.15, 0.2) is 6.29 Å². The number of nitrogens with one attached hydrogen (secondary N) is 3. The summed E-state index contributed by atoms with van der Waals surface area (Å²) in [5.74, 6) is -0.572. The van der Waals surface area contributed by atoms with E-state index in [-0.39, 0.29) is 35.2 Å². The minimum absolute atomic E-state index is 0.00189. The van der Waals surface area contributed by atoms with Gasteiger partial charge in [-0.1, -0.05) is 23.7 Å². The second kappa shape index (κ2) is 15.3. The number of carbonyl (C=O) groups excluding carboxylic acids is 4. The van der Waals surface area contributed by atoms with Crippen LogP contribution < -0.4 is 16.1 Å². The fourth-order valence-electron chi connectivity index (χ4n) is 4.50. The van der Waals surface area contributed by atoms with Gasteiger partial charge < -0.3 is 9.47 Å². The van der Waals surface area contributed by atoms with Crippen LogP contribution in [0.2, 0.25) is 5.02 Å². The molecule has 18 heteroatoms. The SMILES string of the molecule is CC(C)(C)OC(=O)NC(NOCCN1C(=O)S/C(=C\c2ccc3c(cnn3Cc3ccc(Cl)cc3C(F)(F)F)c2)C1=O)NC(=O)OC(C)(C)C. The lowest BCUT2D eigenvalue weighted by molar-refractivity contribution is -0.138. The molecule has 3 N–H and O–H groups in total. The fraction of sp³-hybridized carbons (Fsp3) is 0.406. The number of alkyl carbamates (subject to hydrolysis) is 2. The zero-order chi connectivity index (χ0) is 37.0. The number of nitrogens with zero attached hydrogens (tertiary/aromatic N) is 3. The predicted octanol–water partition coefficient (Wildman–Crippen LogP) is 6.65. The molecule has 0 atom stereocenters. The smallest absolute Gasteiger partial charge is 0.416 e. The molecule has 0 radical (unpaired) electrons. The summed E-state index contributed by atoms with van der Waals surface area (Å²) in [6.45, 7) is 9.41. The minimum atomic E-state index is -4.59. The van der Waals surface area contributed by atoms with E-state index in [1.165, 1.54) is 29.1 Å². The summed E-state index contributed by atoms with van der Waals surface area (Å²) in [5.41, 5.74) is 1.06. The van der Waals surface area contributed by atoms with Gasteiger partial charge in [-0.05, 0) is 94.8 Å². The maximum absolute atomic E-state index is 13.6. The Hall–Kier alpha value is -4.32. The molecule has 1 aromatic heterocycles. The van der Waals surface area contributed by atoms with Crippen LogP contribution in [0.3, 0.4) is 0 Å². The first-order chi connectivity index (χ1) is 23.2. The Bertz CT molecular complexity index is 1770. The number of hydroxylamine groups is 1. The first-order valence-corrected chi connectivity index (χ1v) is 16.3. The minimum Gasteiger partial charge on any atom is -0.444 e. The lowest BCUT2D eigenvalue weighted by Crippen LogP contribution is -2.58. The van der Waals surface area contributed by atoms with Crippen LogP contribution in [0.25, 0.3) is 17.0 Å². The van der Waals surface area contributed by atoms with E-state index in [0.29, 0.717) is 16.5 Å². The van der Waals surface area contributed by atoms with Crippen molar-refractivity contribution in [3.05, 3.63) is 69.2 Å². The van der Waals surface area contributed by atoms with Crippen LogP contribution in [0, 0.1) is 0 Å². The highest BCUT2D eigenvalue weighted by Crippen LogP contribution is 2.35. The van der Waals surface area contributed by atoms with Gasteiger partial charge in [0.2, 0.25) is 0 Å². The van der Waals surface area contributed by atoms with Crippen molar-refractivity contribution in [1.29, 1.82) is 0 Å². The lowest BCUT2D eigenvalue weighted by Gasteiger charge is -2.26. The summed E-state index contributed by atoms with van der Waals surface area (Å²) in [7, 11) is 0. The van der Waals surface area contributed by atoms with Gasteiger partial charge in [-0.15, -0.1) is 0 Å². The Balaban J connectivity index is 1.38. The Morgan fingerprint density at radius 2 is 1.62 bits per heavy atom. The van der Waals surface area contributed by atoms with Crippen LogP contribution in [-0.2, 0) is 31.8 Å². The molecule has 1 aliphatic heterocycles. The number of imide groups is 1. The zero-order valence-corrected chi connectivity index (χ0v) is 29.5. The highest BCUT2D eigenvalue weighted by atomic mass is 35.5. The second-order valence-electron chi connectivity index (χ2n) is 12.9. The monoisotopic (exact) mass is 740 g/mol. The van der Waals surface area contributed by atoms with Crippen molar-refractivity contribution in [2.45, 2.75) is 71.8 Å². The third-order valence-corrected chi connectivity index (χ3v) is 7.62. The molecule has 2 aromatic carbocycles. The Kier molecular flexibility index (Phi) is 11.8. The molecule has 4 amide bonds. The van der Waals surface area contributed by atoms with E-state index in [1.807, 2.05) is 0 Å². The summed E-state index contributed by atoms with van der Waals surface area (Å²) >= 11 is 6.52. The molecular weight excluding hydrogens is 705 g/mol. The van der Waals surface area contributed by atoms with E-state index in [0.717, 1.165) is 22.7 Å². The van der Waals surface area contributed by atoms with Gasteiger partial charge in [-0.2, -0.15) is 23.8 Å². The van der Waals surface area contributed by atoms with Crippen molar-refractivity contribution in [3.63, 3.8) is 0 Å². The van der Waals surface area contributed by atoms with Gasteiger partial charge in [0.05, 0.1) is 41.9 Å². The van der Waals surface area contributed by atoms with Crippen LogP contribution >= 0.6 is 23.4 Å². The predicted molar refractivity (Wildman–Crippen MR) is 180 cm³/mol. The standard InChI is InChI=1S/C32H36ClF3N6O7S/c1-30(2,3)48-27(44)38-26(39-28(45)49-31(4,5)6)40-47-12-11-41-25(43)24(50-29(41)46)14-18-7-10-23-20(13-18)16-37-42(23)17-19-8-9-21(33)15-22(19)32(34,35)36/h7-10,13-16,26,40H,11-12,17H2,1-6H3,(H,38,44)(H,39,45)/b24-14-. The summed E-state index contributed by atoms with van der Waals surface area (Å²) < 4.78 is 52.6. The van der Waals surface area contributed by atoms with Crippen molar-refractivity contribution < 1.29 is 46.7 Å².